The largest absolute Gasteiger partial charge is 0.278 e. The third kappa shape index (κ3) is 3.48. The second kappa shape index (κ2) is 7.32. The van der Waals surface area contributed by atoms with Crippen molar-refractivity contribution in [2.45, 2.75) is 19.9 Å². The maximum atomic E-state index is 13.3. The summed E-state index contributed by atoms with van der Waals surface area (Å²) in [6.07, 6.45) is 2.62. The molecule has 4 aromatic rings. The second-order valence-electron chi connectivity index (χ2n) is 6.37. The predicted molar refractivity (Wildman–Crippen MR) is 109 cm³/mol. The molecule has 0 radical (unpaired) electrons. The van der Waals surface area contributed by atoms with Crippen molar-refractivity contribution in [3.05, 3.63) is 77.6 Å². The Labute approximate surface area is 161 Å². The Kier molecular flexibility index (Phi) is 4.73. The quantitative estimate of drug-likeness (QED) is 0.517. The van der Waals surface area contributed by atoms with Crippen molar-refractivity contribution >= 4 is 32.6 Å². The molecule has 0 bridgehead atoms. The summed E-state index contributed by atoms with van der Waals surface area (Å²) >= 11 is 1.55. The summed E-state index contributed by atoms with van der Waals surface area (Å²) in [6.45, 7) is 2.60. The fraction of sp³-hybridized carbons (Fsp3) is 0.190. The molecule has 0 fully saturated rings. The fourth-order valence-electron chi connectivity index (χ4n) is 3.01. The lowest BCUT2D eigenvalue weighted by molar-refractivity contribution is 0.0976. The Bertz CT molecular complexity index is 1080. The van der Waals surface area contributed by atoms with Gasteiger partial charge in [-0.2, -0.15) is 5.10 Å². The molecule has 0 aliphatic carbocycles. The van der Waals surface area contributed by atoms with Crippen LogP contribution in [0, 0.1) is 0 Å². The van der Waals surface area contributed by atoms with Gasteiger partial charge in [-0.05, 0) is 35.7 Å². The van der Waals surface area contributed by atoms with E-state index in [1.165, 1.54) is 5.56 Å². The average Bonchev–Trinajstić information content (AvgIpc) is 3.31. The number of rotatable bonds is 5. The lowest BCUT2D eigenvalue weighted by atomic mass is 10.2. The highest BCUT2D eigenvalue weighted by Crippen LogP contribution is 2.31. The number of hydrogen-bond donors (Lipinski definition) is 0. The number of carbonyl (C=O) groups excluding carboxylic acids is 1. The number of fused-ring (bicyclic) bond motifs is 1. The van der Waals surface area contributed by atoms with E-state index in [-0.39, 0.29) is 5.91 Å². The maximum Gasteiger partial charge on any atom is 0.278 e. The van der Waals surface area contributed by atoms with Crippen molar-refractivity contribution in [1.29, 1.82) is 0 Å². The van der Waals surface area contributed by atoms with Crippen LogP contribution < -0.4 is 4.90 Å². The molecule has 4 rings (SSSR count). The molecule has 0 atom stereocenters. The molecule has 2 aromatic carbocycles. The van der Waals surface area contributed by atoms with Crippen LogP contribution in [0.3, 0.4) is 0 Å². The number of carbonyl (C=O) groups is 1. The van der Waals surface area contributed by atoms with Gasteiger partial charge < -0.3 is 0 Å². The minimum absolute atomic E-state index is 0.103. The number of amides is 1. The zero-order valence-corrected chi connectivity index (χ0v) is 16.1. The van der Waals surface area contributed by atoms with Gasteiger partial charge in [-0.25, -0.2) is 4.98 Å². The first kappa shape index (κ1) is 17.4. The van der Waals surface area contributed by atoms with Crippen LogP contribution in [0.2, 0.25) is 0 Å². The first-order valence-electron chi connectivity index (χ1n) is 8.89. The second-order valence-corrected chi connectivity index (χ2v) is 7.38. The van der Waals surface area contributed by atoms with Crippen molar-refractivity contribution < 1.29 is 4.79 Å². The van der Waals surface area contributed by atoms with E-state index in [1.54, 1.807) is 40.2 Å². The molecule has 0 spiro atoms. The van der Waals surface area contributed by atoms with Gasteiger partial charge in [0.05, 0.1) is 16.8 Å². The average molecular weight is 376 g/mol. The highest BCUT2D eigenvalue weighted by Gasteiger charge is 2.23. The third-order valence-corrected chi connectivity index (χ3v) is 5.59. The smallest absolute Gasteiger partial charge is 0.278 e. The van der Waals surface area contributed by atoms with Gasteiger partial charge in [0.1, 0.15) is 5.69 Å². The van der Waals surface area contributed by atoms with E-state index < -0.39 is 0 Å². The van der Waals surface area contributed by atoms with Crippen molar-refractivity contribution in [3.63, 3.8) is 0 Å². The maximum absolute atomic E-state index is 13.3. The Morgan fingerprint density at radius 3 is 2.63 bits per heavy atom. The summed E-state index contributed by atoms with van der Waals surface area (Å²) in [7, 11) is 1.78. The molecule has 0 unspecified atom stereocenters. The molecule has 2 heterocycles. The molecule has 0 saturated heterocycles. The summed E-state index contributed by atoms with van der Waals surface area (Å²) in [4.78, 5) is 19.7. The van der Waals surface area contributed by atoms with Crippen LogP contribution in [0.25, 0.3) is 10.2 Å². The summed E-state index contributed by atoms with van der Waals surface area (Å²) < 4.78 is 2.70. The number of aryl methyl sites for hydroxylation is 2. The van der Waals surface area contributed by atoms with Crippen LogP contribution in [0.5, 0.6) is 0 Å². The third-order valence-electron chi connectivity index (χ3n) is 4.55. The molecule has 2 aromatic heterocycles. The van der Waals surface area contributed by atoms with Gasteiger partial charge in [-0.15, -0.1) is 0 Å². The zero-order valence-electron chi connectivity index (χ0n) is 15.3. The molecule has 27 heavy (non-hydrogen) atoms. The number of hydrogen-bond acceptors (Lipinski definition) is 4. The highest BCUT2D eigenvalue weighted by atomic mass is 32.1. The Balaban J connectivity index is 1.77. The first-order valence-corrected chi connectivity index (χ1v) is 9.70. The van der Waals surface area contributed by atoms with Gasteiger partial charge in [0.25, 0.3) is 5.91 Å². The van der Waals surface area contributed by atoms with Gasteiger partial charge in [-0.1, -0.05) is 54.7 Å². The van der Waals surface area contributed by atoms with Crippen LogP contribution >= 0.6 is 11.3 Å². The molecule has 136 valence electrons. The molecular weight excluding hydrogens is 356 g/mol. The highest BCUT2D eigenvalue weighted by molar-refractivity contribution is 7.22. The molecule has 0 aliphatic heterocycles. The fourth-order valence-corrected chi connectivity index (χ4v) is 4.03. The predicted octanol–water partition coefficient (Wildman–Crippen LogP) is 4.44. The summed E-state index contributed by atoms with van der Waals surface area (Å²) in [6, 6.07) is 18.0. The summed E-state index contributed by atoms with van der Waals surface area (Å²) in [5.74, 6) is -0.103. The van der Waals surface area contributed by atoms with Crippen molar-refractivity contribution in [2.75, 3.05) is 4.90 Å². The number of anilines is 1. The number of nitrogens with zero attached hydrogens (tertiary/aromatic N) is 4. The van der Waals surface area contributed by atoms with E-state index in [0.29, 0.717) is 17.4 Å². The van der Waals surface area contributed by atoms with Gasteiger partial charge >= 0.3 is 0 Å². The Morgan fingerprint density at radius 1 is 1.11 bits per heavy atom. The van der Waals surface area contributed by atoms with E-state index in [1.807, 2.05) is 36.4 Å². The van der Waals surface area contributed by atoms with Crippen LogP contribution in [0.15, 0.2) is 60.8 Å². The van der Waals surface area contributed by atoms with Crippen LogP contribution in [0.4, 0.5) is 5.13 Å². The number of thiazole rings is 1. The van der Waals surface area contributed by atoms with E-state index in [9.17, 15) is 4.79 Å². The van der Waals surface area contributed by atoms with Crippen molar-refractivity contribution in [3.8, 4) is 0 Å². The lowest BCUT2D eigenvalue weighted by Crippen LogP contribution is -2.31. The van der Waals surface area contributed by atoms with Crippen molar-refractivity contribution in [2.24, 2.45) is 7.05 Å². The van der Waals surface area contributed by atoms with Gasteiger partial charge in [0.2, 0.25) is 0 Å². The minimum Gasteiger partial charge on any atom is -0.278 e. The molecule has 0 aliphatic rings. The van der Waals surface area contributed by atoms with Crippen LogP contribution in [-0.4, -0.2) is 20.7 Å². The standard InChI is InChI=1S/C21H20N4OS/c1-3-15-9-10-17-19(13-15)27-21(23-17)25(14-16-7-5-4-6-8-16)20(26)18-11-12-22-24(18)2/h4-13H,3,14H2,1-2H3. The zero-order chi connectivity index (χ0) is 18.8. The number of benzene rings is 2. The van der Waals surface area contributed by atoms with Crippen LogP contribution in [0.1, 0.15) is 28.5 Å². The topological polar surface area (TPSA) is 51.0 Å². The molecular formula is C21H20N4OS. The van der Waals surface area contributed by atoms with Crippen molar-refractivity contribution in [1.82, 2.24) is 14.8 Å². The van der Waals surface area contributed by atoms with E-state index in [0.717, 1.165) is 22.2 Å². The summed E-state index contributed by atoms with van der Waals surface area (Å²) in [5.41, 5.74) is 3.79. The van der Waals surface area contributed by atoms with E-state index in [4.69, 9.17) is 4.98 Å². The molecule has 5 nitrogen and oxygen atoms in total. The van der Waals surface area contributed by atoms with Gasteiger partial charge in [0.15, 0.2) is 5.13 Å². The van der Waals surface area contributed by atoms with E-state index >= 15 is 0 Å². The lowest BCUT2D eigenvalue weighted by Gasteiger charge is -2.20. The monoisotopic (exact) mass is 376 g/mol. The summed E-state index contributed by atoms with van der Waals surface area (Å²) in [5, 5.41) is 4.84. The number of aromatic nitrogens is 3. The molecule has 0 saturated carbocycles. The Hall–Kier alpha value is -2.99. The van der Waals surface area contributed by atoms with Gasteiger partial charge in [0, 0.05) is 13.2 Å². The Morgan fingerprint density at radius 2 is 1.93 bits per heavy atom. The van der Waals surface area contributed by atoms with E-state index in [2.05, 4.69) is 24.2 Å². The SMILES string of the molecule is CCc1ccc2nc(N(Cc3ccccc3)C(=O)c3ccnn3C)sc2c1. The molecule has 1 amide bonds. The normalized spacial score (nSPS) is 11.0. The first-order chi connectivity index (χ1) is 13.2. The van der Waals surface area contributed by atoms with Gasteiger partial charge in [-0.3, -0.25) is 14.4 Å². The molecule has 0 N–H and O–H groups in total. The minimum atomic E-state index is -0.103. The van der Waals surface area contributed by atoms with Crippen LogP contribution in [-0.2, 0) is 20.0 Å². The molecule has 6 heteroatoms.